The number of carboxylic acid groups (broad SMARTS) is 1. The third kappa shape index (κ3) is 3.37. The van der Waals surface area contributed by atoms with Crippen molar-refractivity contribution >= 4 is 11.9 Å². The van der Waals surface area contributed by atoms with Crippen LogP contribution in [-0.2, 0) is 11.8 Å². The highest BCUT2D eigenvalue weighted by atomic mass is 16.4. The van der Waals surface area contributed by atoms with Gasteiger partial charge >= 0.3 is 5.97 Å². The molecule has 0 unspecified atom stereocenters. The van der Waals surface area contributed by atoms with Gasteiger partial charge in [-0.25, -0.2) is 0 Å². The average molecular weight is 279 g/mol. The number of carbonyl (C=O) groups excluding carboxylic acids is 1. The summed E-state index contributed by atoms with van der Waals surface area (Å²) in [5, 5.41) is 12.9. The molecule has 0 radical (unpaired) electrons. The minimum absolute atomic E-state index is 0.0228. The maximum atomic E-state index is 12.3. The Bertz CT molecular complexity index is 482. The zero-order valence-corrected chi connectivity index (χ0v) is 12.0. The predicted molar refractivity (Wildman–Crippen MR) is 73.4 cm³/mol. The maximum Gasteiger partial charge on any atom is 0.303 e. The van der Waals surface area contributed by atoms with Crippen LogP contribution in [0, 0.1) is 12.8 Å². The first kappa shape index (κ1) is 14.6. The van der Waals surface area contributed by atoms with Crippen molar-refractivity contribution in [3.05, 3.63) is 17.5 Å². The monoisotopic (exact) mass is 279 g/mol. The molecule has 20 heavy (non-hydrogen) atoms. The van der Waals surface area contributed by atoms with E-state index in [9.17, 15) is 9.59 Å². The van der Waals surface area contributed by atoms with Crippen LogP contribution in [0.3, 0.4) is 0 Å². The SMILES string of the molecule is Cc1cc(C(=O)N2CCC(CCC(=O)O)CC2)nn1C. The van der Waals surface area contributed by atoms with E-state index >= 15 is 0 Å². The molecule has 6 nitrogen and oxygen atoms in total. The summed E-state index contributed by atoms with van der Waals surface area (Å²) in [6, 6.07) is 1.80. The zero-order valence-electron chi connectivity index (χ0n) is 12.0. The van der Waals surface area contributed by atoms with Gasteiger partial charge in [0.2, 0.25) is 0 Å². The molecule has 2 rings (SSSR count). The molecule has 0 aromatic carbocycles. The van der Waals surface area contributed by atoms with Crippen molar-refractivity contribution in [2.45, 2.75) is 32.6 Å². The topological polar surface area (TPSA) is 75.4 Å². The fourth-order valence-electron chi connectivity index (χ4n) is 2.58. The van der Waals surface area contributed by atoms with Gasteiger partial charge in [0, 0.05) is 32.3 Å². The molecule has 0 aliphatic carbocycles. The Morgan fingerprint density at radius 2 is 2.05 bits per heavy atom. The van der Waals surface area contributed by atoms with Crippen molar-refractivity contribution in [3.8, 4) is 0 Å². The summed E-state index contributed by atoms with van der Waals surface area (Å²) in [5.41, 5.74) is 1.46. The van der Waals surface area contributed by atoms with Gasteiger partial charge in [-0.1, -0.05) is 0 Å². The number of hydrogen-bond donors (Lipinski definition) is 1. The molecule has 2 heterocycles. The van der Waals surface area contributed by atoms with Crippen LogP contribution in [0.1, 0.15) is 41.9 Å². The molecule has 0 bridgehead atoms. The van der Waals surface area contributed by atoms with Crippen molar-refractivity contribution in [1.29, 1.82) is 0 Å². The molecule has 1 aliphatic heterocycles. The smallest absolute Gasteiger partial charge is 0.303 e. The van der Waals surface area contributed by atoms with Crippen molar-refractivity contribution in [2.75, 3.05) is 13.1 Å². The fourth-order valence-corrected chi connectivity index (χ4v) is 2.58. The third-order valence-corrected chi connectivity index (χ3v) is 4.00. The van der Waals surface area contributed by atoms with E-state index in [0.29, 0.717) is 31.1 Å². The average Bonchev–Trinajstić information content (AvgIpc) is 2.76. The summed E-state index contributed by atoms with van der Waals surface area (Å²) in [4.78, 5) is 24.7. The van der Waals surface area contributed by atoms with Crippen LogP contribution >= 0.6 is 0 Å². The number of hydrogen-bond acceptors (Lipinski definition) is 3. The lowest BCUT2D eigenvalue weighted by molar-refractivity contribution is -0.137. The number of piperidine rings is 1. The highest BCUT2D eigenvalue weighted by Gasteiger charge is 2.25. The maximum absolute atomic E-state index is 12.3. The fraction of sp³-hybridized carbons (Fsp3) is 0.643. The van der Waals surface area contributed by atoms with Crippen molar-refractivity contribution in [3.63, 3.8) is 0 Å². The Morgan fingerprint density at radius 3 is 2.55 bits per heavy atom. The van der Waals surface area contributed by atoms with Gasteiger partial charge in [0.05, 0.1) is 0 Å². The summed E-state index contributed by atoms with van der Waals surface area (Å²) in [6.07, 6.45) is 2.69. The third-order valence-electron chi connectivity index (χ3n) is 4.00. The largest absolute Gasteiger partial charge is 0.481 e. The van der Waals surface area contributed by atoms with Crippen LogP contribution in [0.5, 0.6) is 0 Å². The van der Waals surface area contributed by atoms with Crippen LogP contribution in [0.25, 0.3) is 0 Å². The number of likely N-dealkylation sites (tertiary alicyclic amines) is 1. The lowest BCUT2D eigenvalue weighted by Crippen LogP contribution is -2.38. The van der Waals surface area contributed by atoms with E-state index in [1.54, 1.807) is 10.7 Å². The van der Waals surface area contributed by atoms with Gasteiger partial charge in [0.15, 0.2) is 5.69 Å². The van der Waals surface area contributed by atoms with Gasteiger partial charge < -0.3 is 10.0 Å². The molecule has 1 aromatic rings. The molecule has 1 N–H and O–H groups in total. The van der Waals surface area contributed by atoms with E-state index in [2.05, 4.69) is 5.10 Å². The molecular formula is C14H21N3O3. The van der Waals surface area contributed by atoms with Crippen LogP contribution in [0.15, 0.2) is 6.07 Å². The number of nitrogens with zero attached hydrogens (tertiary/aromatic N) is 3. The summed E-state index contributed by atoms with van der Waals surface area (Å²) in [5.74, 6) is -0.349. The lowest BCUT2D eigenvalue weighted by atomic mass is 9.92. The number of aryl methyl sites for hydroxylation is 2. The molecule has 0 saturated carbocycles. The Balaban J connectivity index is 1.87. The first-order valence-corrected chi connectivity index (χ1v) is 6.99. The predicted octanol–water partition coefficient (Wildman–Crippen LogP) is 1.45. The van der Waals surface area contributed by atoms with E-state index in [1.165, 1.54) is 0 Å². The molecule has 0 atom stereocenters. The molecular weight excluding hydrogens is 258 g/mol. The second kappa shape index (κ2) is 6.07. The molecule has 1 fully saturated rings. The van der Waals surface area contributed by atoms with Crippen molar-refractivity contribution in [1.82, 2.24) is 14.7 Å². The van der Waals surface area contributed by atoms with E-state index < -0.39 is 5.97 Å². The highest BCUT2D eigenvalue weighted by molar-refractivity contribution is 5.92. The Hall–Kier alpha value is -1.85. The van der Waals surface area contributed by atoms with E-state index in [1.807, 2.05) is 18.9 Å². The zero-order chi connectivity index (χ0) is 14.7. The van der Waals surface area contributed by atoms with Gasteiger partial charge in [-0.3, -0.25) is 14.3 Å². The second-order valence-corrected chi connectivity index (χ2v) is 5.46. The van der Waals surface area contributed by atoms with Crippen molar-refractivity contribution in [2.24, 2.45) is 13.0 Å². The number of amides is 1. The van der Waals surface area contributed by atoms with Gasteiger partial charge in [-0.05, 0) is 38.2 Å². The number of carbonyl (C=O) groups is 2. The van der Waals surface area contributed by atoms with Crippen LogP contribution in [0.2, 0.25) is 0 Å². The summed E-state index contributed by atoms with van der Waals surface area (Å²) >= 11 is 0. The second-order valence-electron chi connectivity index (χ2n) is 5.46. The number of rotatable bonds is 4. The van der Waals surface area contributed by atoms with Crippen LogP contribution in [0.4, 0.5) is 0 Å². The van der Waals surface area contributed by atoms with E-state index in [-0.39, 0.29) is 12.3 Å². The molecule has 110 valence electrons. The van der Waals surface area contributed by atoms with Gasteiger partial charge in [-0.15, -0.1) is 0 Å². The molecule has 0 spiro atoms. The van der Waals surface area contributed by atoms with Crippen LogP contribution in [-0.4, -0.2) is 44.8 Å². The Labute approximate surface area is 118 Å². The quantitative estimate of drug-likeness (QED) is 0.905. The van der Waals surface area contributed by atoms with Gasteiger partial charge in [0.25, 0.3) is 5.91 Å². The molecule has 1 aliphatic rings. The molecule has 1 saturated heterocycles. The Morgan fingerprint density at radius 1 is 1.40 bits per heavy atom. The first-order chi connectivity index (χ1) is 9.47. The van der Waals surface area contributed by atoms with Gasteiger partial charge in [0.1, 0.15) is 0 Å². The number of aromatic nitrogens is 2. The van der Waals surface area contributed by atoms with Gasteiger partial charge in [-0.2, -0.15) is 5.10 Å². The first-order valence-electron chi connectivity index (χ1n) is 6.99. The minimum atomic E-state index is -0.743. The Kier molecular flexibility index (Phi) is 4.42. The molecule has 6 heteroatoms. The van der Waals surface area contributed by atoms with Crippen molar-refractivity contribution < 1.29 is 14.7 Å². The summed E-state index contributed by atoms with van der Waals surface area (Å²) in [6.45, 7) is 3.30. The lowest BCUT2D eigenvalue weighted by Gasteiger charge is -2.31. The minimum Gasteiger partial charge on any atom is -0.481 e. The van der Waals surface area contributed by atoms with Crippen LogP contribution < -0.4 is 0 Å². The van der Waals surface area contributed by atoms with E-state index in [0.717, 1.165) is 18.5 Å². The van der Waals surface area contributed by atoms with E-state index in [4.69, 9.17) is 5.11 Å². The summed E-state index contributed by atoms with van der Waals surface area (Å²) < 4.78 is 1.70. The number of aliphatic carboxylic acids is 1. The summed E-state index contributed by atoms with van der Waals surface area (Å²) in [7, 11) is 1.82. The normalized spacial score (nSPS) is 16.4. The number of carboxylic acids is 1. The molecule has 1 amide bonds. The standard InChI is InChI=1S/C14H21N3O3/c1-10-9-12(15-16(10)2)14(20)17-7-5-11(6-8-17)3-4-13(18)19/h9,11H,3-8H2,1-2H3,(H,18,19). The highest BCUT2D eigenvalue weighted by Crippen LogP contribution is 2.23. The molecule has 1 aromatic heterocycles.